The van der Waals surface area contributed by atoms with Crippen LogP contribution < -0.4 is 16.4 Å². The van der Waals surface area contributed by atoms with Gasteiger partial charge in [-0.25, -0.2) is 0 Å². The molecule has 1 saturated heterocycles. The maximum atomic E-state index is 11.6. The molecule has 1 fully saturated rings. The minimum absolute atomic E-state index is 0. The molecule has 1 aliphatic rings. The van der Waals surface area contributed by atoms with Crippen LogP contribution in [-0.4, -0.2) is 30.6 Å². The second-order valence-corrected chi connectivity index (χ2v) is 4.23. The van der Waals surface area contributed by atoms with Gasteiger partial charge in [-0.3, -0.25) is 4.79 Å². The second-order valence-electron chi connectivity index (χ2n) is 4.23. The van der Waals surface area contributed by atoms with E-state index < -0.39 is 0 Å². The van der Waals surface area contributed by atoms with E-state index in [9.17, 15) is 4.79 Å². The minimum atomic E-state index is -0.290. The summed E-state index contributed by atoms with van der Waals surface area (Å²) in [5.74, 6) is 0.0768. The smallest absolute Gasteiger partial charge is 0.237 e. The maximum absolute atomic E-state index is 11.6. The molecule has 1 heterocycles. The van der Waals surface area contributed by atoms with Crippen LogP contribution in [0.3, 0.4) is 0 Å². The third-order valence-electron chi connectivity index (χ3n) is 2.35. The molecule has 0 bridgehead atoms. The standard InChI is InChI=1S/C9H19N3O.ClH/c1-9(2,6-10)12-8(13)7-4-3-5-11-7;/h7,11H,3-6,10H2,1-2H3,(H,12,13);1H/t7-;/m1./s1. The first-order valence-electron chi connectivity index (χ1n) is 4.81. The molecule has 0 aliphatic carbocycles. The first-order valence-corrected chi connectivity index (χ1v) is 4.81. The van der Waals surface area contributed by atoms with E-state index in [1.54, 1.807) is 0 Å². The number of rotatable bonds is 3. The minimum Gasteiger partial charge on any atom is -0.349 e. The summed E-state index contributed by atoms with van der Waals surface area (Å²) in [6.45, 7) is 5.27. The molecular weight excluding hydrogens is 202 g/mol. The first-order chi connectivity index (χ1) is 6.05. The molecule has 0 unspecified atom stereocenters. The summed E-state index contributed by atoms with van der Waals surface area (Å²) < 4.78 is 0. The molecular formula is C9H20ClN3O. The van der Waals surface area contributed by atoms with Gasteiger partial charge in [0, 0.05) is 12.1 Å². The third kappa shape index (κ3) is 3.82. The van der Waals surface area contributed by atoms with Gasteiger partial charge in [0.1, 0.15) is 0 Å². The average molecular weight is 222 g/mol. The fourth-order valence-electron chi connectivity index (χ4n) is 1.38. The van der Waals surface area contributed by atoms with Gasteiger partial charge in [0.2, 0.25) is 5.91 Å². The number of amides is 1. The molecule has 5 heteroatoms. The molecule has 1 rings (SSSR count). The van der Waals surface area contributed by atoms with Crippen LogP contribution in [-0.2, 0) is 4.79 Å². The Morgan fingerprint density at radius 2 is 2.29 bits per heavy atom. The molecule has 1 aliphatic heterocycles. The first kappa shape index (κ1) is 13.7. The zero-order valence-corrected chi connectivity index (χ0v) is 9.62. The number of hydrogen-bond acceptors (Lipinski definition) is 3. The topological polar surface area (TPSA) is 67.1 Å². The van der Waals surface area contributed by atoms with Gasteiger partial charge in [-0.2, -0.15) is 0 Å². The lowest BCUT2D eigenvalue weighted by Crippen LogP contribution is -2.53. The van der Waals surface area contributed by atoms with Crippen molar-refractivity contribution in [1.29, 1.82) is 0 Å². The Bertz CT molecular complexity index is 190. The Labute approximate surface area is 91.4 Å². The monoisotopic (exact) mass is 221 g/mol. The van der Waals surface area contributed by atoms with Gasteiger partial charge in [0.05, 0.1) is 6.04 Å². The van der Waals surface area contributed by atoms with Crippen molar-refractivity contribution in [2.24, 2.45) is 5.73 Å². The molecule has 84 valence electrons. The molecule has 0 aromatic carbocycles. The summed E-state index contributed by atoms with van der Waals surface area (Å²) in [5, 5.41) is 6.07. The van der Waals surface area contributed by atoms with E-state index in [4.69, 9.17) is 5.73 Å². The van der Waals surface area contributed by atoms with E-state index in [-0.39, 0.29) is 29.9 Å². The number of nitrogens with one attached hydrogen (secondary N) is 2. The fourth-order valence-corrected chi connectivity index (χ4v) is 1.38. The second kappa shape index (κ2) is 5.53. The van der Waals surface area contributed by atoms with Gasteiger partial charge >= 0.3 is 0 Å². The normalized spacial score (nSPS) is 21.5. The summed E-state index contributed by atoms with van der Waals surface area (Å²) >= 11 is 0. The lowest BCUT2D eigenvalue weighted by molar-refractivity contribution is -0.124. The predicted octanol–water partition coefficient (Wildman–Crippen LogP) is 0.0137. The largest absolute Gasteiger partial charge is 0.349 e. The average Bonchev–Trinajstić information content (AvgIpc) is 2.55. The van der Waals surface area contributed by atoms with Gasteiger partial charge in [-0.05, 0) is 33.2 Å². The maximum Gasteiger partial charge on any atom is 0.237 e. The van der Waals surface area contributed by atoms with E-state index in [1.165, 1.54) is 0 Å². The van der Waals surface area contributed by atoms with Crippen LogP contribution in [0.1, 0.15) is 26.7 Å². The summed E-state index contributed by atoms with van der Waals surface area (Å²) in [7, 11) is 0. The van der Waals surface area contributed by atoms with Gasteiger partial charge in [-0.1, -0.05) is 0 Å². The van der Waals surface area contributed by atoms with E-state index >= 15 is 0 Å². The van der Waals surface area contributed by atoms with E-state index in [2.05, 4.69) is 10.6 Å². The predicted molar refractivity (Wildman–Crippen MR) is 59.5 cm³/mol. The van der Waals surface area contributed by atoms with Crippen molar-refractivity contribution in [2.45, 2.75) is 38.3 Å². The number of carbonyl (C=O) groups excluding carboxylic acids is 1. The Morgan fingerprint density at radius 3 is 2.71 bits per heavy atom. The van der Waals surface area contributed by atoms with Gasteiger partial charge in [0.15, 0.2) is 0 Å². The molecule has 1 amide bonds. The van der Waals surface area contributed by atoms with Crippen molar-refractivity contribution in [3.63, 3.8) is 0 Å². The Balaban J connectivity index is 0.00000169. The van der Waals surface area contributed by atoms with E-state index in [0.29, 0.717) is 6.54 Å². The summed E-state index contributed by atoms with van der Waals surface area (Å²) in [4.78, 5) is 11.6. The summed E-state index contributed by atoms with van der Waals surface area (Å²) in [6, 6.07) is -0.00850. The van der Waals surface area contributed by atoms with Gasteiger partial charge in [0.25, 0.3) is 0 Å². The highest BCUT2D eigenvalue weighted by atomic mass is 35.5. The van der Waals surface area contributed by atoms with Crippen molar-refractivity contribution in [3.05, 3.63) is 0 Å². The molecule has 0 radical (unpaired) electrons. The lowest BCUT2D eigenvalue weighted by Gasteiger charge is -2.26. The van der Waals surface area contributed by atoms with E-state index in [1.807, 2.05) is 13.8 Å². The molecule has 14 heavy (non-hydrogen) atoms. The van der Waals surface area contributed by atoms with Crippen LogP contribution >= 0.6 is 12.4 Å². The summed E-state index contributed by atoms with van der Waals surface area (Å²) in [6.07, 6.45) is 2.02. The fraction of sp³-hybridized carbons (Fsp3) is 0.889. The van der Waals surface area contributed by atoms with Crippen LogP contribution in [0.2, 0.25) is 0 Å². The van der Waals surface area contributed by atoms with Crippen molar-refractivity contribution in [1.82, 2.24) is 10.6 Å². The van der Waals surface area contributed by atoms with Crippen LogP contribution in [0.4, 0.5) is 0 Å². The molecule has 4 nitrogen and oxygen atoms in total. The van der Waals surface area contributed by atoms with Gasteiger partial charge < -0.3 is 16.4 Å². The van der Waals surface area contributed by atoms with Crippen molar-refractivity contribution < 1.29 is 4.79 Å². The number of nitrogens with two attached hydrogens (primary N) is 1. The SMILES string of the molecule is CC(C)(CN)NC(=O)[C@H]1CCCN1.Cl. The quantitative estimate of drug-likeness (QED) is 0.629. The number of carbonyl (C=O) groups is 1. The highest BCUT2D eigenvalue weighted by Crippen LogP contribution is 2.07. The van der Waals surface area contributed by atoms with Crippen molar-refractivity contribution >= 4 is 18.3 Å². The van der Waals surface area contributed by atoms with Crippen molar-refractivity contribution in [3.8, 4) is 0 Å². The van der Waals surface area contributed by atoms with Crippen molar-refractivity contribution in [2.75, 3.05) is 13.1 Å². The number of halogens is 1. The lowest BCUT2D eigenvalue weighted by atomic mass is 10.1. The van der Waals surface area contributed by atoms with Crippen LogP contribution in [0.15, 0.2) is 0 Å². The third-order valence-corrected chi connectivity index (χ3v) is 2.35. The van der Waals surface area contributed by atoms with Gasteiger partial charge in [-0.15, -0.1) is 12.4 Å². The zero-order chi connectivity index (χ0) is 9.90. The molecule has 0 saturated carbocycles. The Morgan fingerprint density at radius 1 is 1.64 bits per heavy atom. The van der Waals surface area contributed by atoms with Crippen LogP contribution in [0.5, 0.6) is 0 Å². The van der Waals surface area contributed by atoms with E-state index in [0.717, 1.165) is 19.4 Å². The molecule has 0 aromatic rings. The molecule has 4 N–H and O–H groups in total. The molecule has 0 aromatic heterocycles. The van der Waals surface area contributed by atoms with Crippen LogP contribution in [0, 0.1) is 0 Å². The highest BCUT2D eigenvalue weighted by molar-refractivity contribution is 5.85. The summed E-state index contributed by atoms with van der Waals surface area (Å²) in [5.41, 5.74) is 5.23. The van der Waals surface area contributed by atoms with Crippen LogP contribution in [0.25, 0.3) is 0 Å². The Kier molecular flexibility index (Phi) is 5.41. The number of hydrogen-bond donors (Lipinski definition) is 3. The molecule has 1 atom stereocenters. The highest BCUT2D eigenvalue weighted by Gasteiger charge is 2.26. The Hall–Kier alpha value is -0.320. The zero-order valence-electron chi connectivity index (χ0n) is 8.80. The molecule has 0 spiro atoms.